The summed E-state index contributed by atoms with van der Waals surface area (Å²) in [6, 6.07) is 2.32. The van der Waals surface area contributed by atoms with Crippen molar-refractivity contribution in [2.45, 2.75) is 32.7 Å². The molecule has 0 amide bonds. The molecule has 1 aliphatic rings. The number of nitrogens with zero attached hydrogens (tertiary/aromatic N) is 3. The second-order valence-electron chi connectivity index (χ2n) is 4.99. The Hall–Kier alpha value is -1.16. The van der Waals surface area contributed by atoms with Crippen molar-refractivity contribution in [3.05, 3.63) is 18.5 Å². The van der Waals surface area contributed by atoms with Crippen LogP contribution in [0.15, 0.2) is 18.5 Å². The largest absolute Gasteiger partial charge is 0.338 e. The summed E-state index contributed by atoms with van der Waals surface area (Å²) in [5.41, 5.74) is 0. The fourth-order valence-corrected chi connectivity index (χ4v) is 2.31. The number of aromatic nitrogens is 2. The van der Waals surface area contributed by atoms with Crippen molar-refractivity contribution >= 4 is 5.95 Å². The van der Waals surface area contributed by atoms with Crippen LogP contribution in [0.3, 0.4) is 0 Å². The lowest BCUT2D eigenvalue weighted by molar-refractivity contribution is 0.366. The van der Waals surface area contributed by atoms with Gasteiger partial charge >= 0.3 is 0 Å². The van der Waals surface area contributed by atoms with Gasteiger partial charge in [0, 0.05) is 25.0 Å². The summed E-state index contributed by atoms with van der Waals surface area (Å²) in [5.74, 6) is 1.63. The van der Waals surface area contributed by atoms with Crippen molar-refractivity contribution in [2.75, 3.05) is 24.5 Å². The molecule has 2 heterocycles. The SMILES string of the molecule is CC(C)N(CC1CCNCC1)c1ncccn1. The van der Waals surface area contributed by atoms with Gasteiger partial charge in [-0.15, -0.1) is 0 Å². The Bertz CT molecular complexity index is 319. The molecule has 1 aliphatic heterocycles. The van der Waals surface area contributed by atoms with Gasteiger partial charge in [-0.3, -0.25) is 0 Å². The van der Waals surface area contributed by atoms with Crippen molar-refractivity contribution in [2.24, 2.45) is 5.92 Å². The minimum absolute atomic E-state index is 0.451. The lowest BCUT2D eigenvalue weighted by Gasteiger charge is -2.32. The topological polar surface area (TPSA) is 41.0 Å². The van der Waals surface area contributed by atoms with Gasteiger partial charge in [-0.1, -0.05) is 0 Å². The molecule has 4 heteroatoms. The Labute approximate surface area is 103 Å². The predicted molar refractivity (Wildman–Crippen MR) is 70.1 cm³/mol. The molecule has 1 aromatic rings. The highest BCUT2D eigenvalue weighted by molar-refractivity contribution is 5.29. The number of nitrogens with one attached hydrogen (secondary N) is 1. The van der Waals surface area contributed by atoms with Crippen LogP contribution in [0, 0.1) is 5.92 Å². The van der Waals surface area contributed by atoms with E-state index in [1.165, 1.54) is 12.8 Å². The molecule has 0 spiro atoms. The number of hydrogen-bond acceptors (Lipinski definition) is 4. The molecule has 17 heavy (non-hydrogen) atoms. The van der Waals surface area contributed by atoms with E-state index in [4.69, 9.17) is 0 Å². The highest BCUT2D eigenvalue weighted by Crippen LogP contribution is 2.18. The van der Waals surface area contributed by atoms with Gasteiger partial charge in [0.1, 0.15) is 0 Å². The summed E-state index contributed by atoms with van der Waals surface area (Å²) in [4.78, 5) is 11.0. The molecule has 1 aromatic heterocycles. The van der Waals surface area contributed by atoms with Crippen LogP contribution in [0.4, 0.5) is 5.95 Å². The van der Waals surface area contributed by atoms with Crippen LogP contribution < -0.4 is 10.2 Å². The number of hydrogen-bond donors (Lipinski definition) is 1. The molecule has 94 valence electrons. The zero-order chi connectivity index (χ0) is 12.1. The highest BCUT2D eigenvalue weighted by Gasteiger charge is 2.20. The average Bonchev–Trinajstić information content (AvgIpc) is 2.38. The molecule has 0 bridgehead atoms. The molecule has 0 aliphatic carbocycles. The Morgan fingerprint density at radius 3 is 2.53 bits per heavy atom. The summed E-state index contributed by atoms with van der Waals surface area (Å²) in [7, 11) is 0. The van der Waals surface area contributed by atoms with Crippen molar-refractivity contribution in [1.82, 2.24) is 15.3 Å². The molecule has 0 atom stereocenters. The average molecular weight is 234 g/mol. The number of anilines is 1. The van der Waals surface area contributed by atoms with E-state index in [-0.39, 0.29) is 0 Å². The lowest BCUT2D eigenvalue weighted by atomic mass is 9.97. The molecule has 1 N–H and O–H groups in total. The Balaban J connectivity index is 2.02. The maximum absolute atomic E-state index is 4.37. The van der Waals surface area contributed by atoms with E-state index in [9.17, 15) is 0 Å². The molecular weight excluding hydrogens is 212 g/mol. The zero-order valence-corrected chi connectivity index (χ0v) is 10.8. The van der Waals surface area contributed by atoms with Gasteiger partial charge in [0.25, 0.3) is 0 Å². The second-order valence-corrected chi connectivity index (χ2v) is 4.99. The van der Waals surface area contributed by atoms with E-state index in [1.54, 1.807) is 0 Å². The van der Waals surface area contributed by atoms with E-state index in [0.29, 0.717) is 6.04 Å². The van der Waals surface area contributed by atoms with E-state index >= 15 is 0 Å². The van der Waals surface area contributed by atoms with Crippen molar-refractivity contribution in [3.63, 3.8) is 0 Å². The van der Waals surface area contributed by atoms with Gasteiger partial charge in [0.05, 0.1) is 0 Å². The van der Waals surface area contributed by atoms with E-state index in [1.807, 2.05) is 18.5 Å². The first-order valence-electron chi connectivity index (χ1n) is 6.51. The third kappa shape index (κ3) is 3.40. The first-order chi connectivity index (χ1) is 8.27. The van der Waals surface area contributed by atoms with Gasteiger partial charge < -0.3 is 10.2 Å². The summed E-state index contributed by atoms with van der Waals surface area (Å²) in [5, 5.41) is 3.41. The summed E-state index contributed by atoms with van der Waals surface area (Å²) in [6.45, 7) is 7.77. The van der Waals surface area contributed by atoms with Crippen LogP contribution in [0.25, 0.3) is 0 Å². The van der Waals surface area contributed by atoms with Gasteiger partial charge in [0.15, 0.2) is 0 Å². The van der Waals surface area contributed by atoms with E-state index < -0.39 is 0 Å². The summed E-state index contributed by atoms with van der Waals surface area (Å²) >= 11 is 0. The zero-order valence-electron chi connectivity index (χ0n) is 10.8. The molecule has 0 unspecified atom stereocenters. The van der Waals surface area contributed by atoms with Crippen LogP contribution in [0.2, 0.25) is 0 Å². The number of rotatable bonds is 4. The molecule has 2 rings (SSSR count). The van der Waals surface area contributed by atoms with Crippen molar-refractivity contribution in [3.8, 4) is 0 Å². The molecule has 4 nitrogen and oxygen atoms in total. The molecular formula is C13H22N4. The molecule has 1 fully saturated rings. The van der Waals surface area contributed by atoms with Gasteiger partial charge in [-0.05, 0) is 51.8 Å². The maximum atomic E-state index is 4.37. The smallest absolute Gasteiger partial charge is 0.225 e. The monoisotopic (exact) mass is 234 g/mol. The minimum atomic E-state index is 0.451. The van der Waals surface area contributed by atoms with Gasteiger partial charge in [-0.25, -0.2) is 9.97 Å². The minimum Gasteiger partial charge on any atom is -0.338 e. The molecule has 1 saturated heterocycles. The van der Waals surface area contributed by atoms with E-state index in [2.05, 4.69) is 34.0 Å². The fourth-order valence-electron chi connectivity index (χ4n) is 2.31. The Morgan fingerprint density at radius 1 is 1.29 bits per heavy atom. The maximum Gasteiger partial charge on any atom is 0.225 e. The van der Waals surface area contributed by atoms with Crippen LogP contribution in [0.1, 0.15) is 26.7 Å². The first-order valence-corrected chi connectivity index (χ1v) is 6.51. The third-order valence-corrected chi connectivity index (χ3v) is 3.35. The summed E-state index contributed by atoms with van der Waals surface area (Å²) in [6.07, 6.45) is 6.16. The first kappa shape index (κ1) is 12.3. The molecule has 0 aromatic carbocycles. The van der Waals surface area contributed by atoms with Gasteiger partial charge in [0.2, 0.25) is 5.95 Å². The lowest BCUT2D eigenvalue weighted by Crippen LogP contribution is -2.40. The Morgan fingerprint density at radius 2 is 1.94 bits per heavy atom. The van der Waals surface area contributed by atoms with Crippen LogP contribution in [-0.2, 0) is 0 Å². The molecule has 0 radical (unpaired) electrons. The van der Waals surface area contributed by atoms with E-state index in [0.717, 1.165) is 31.5 Å². The van der Waals surface area contributed by atoms with Crippen molar-refractivity contribution in [1.29, 1.82) is 0 Å². The van der Waals surface area contributed by atoms with Crippen LogP contribution in [0.5, 0.6) is 0 Å². The number of piperidine rings is 1. The Kier molecular flexibility index (Phi) is 4.31. The fraction of sp³-hybridized carbons (Fsp3) is 0.692. The highest BCUT2D eigenvalue weighted by atomic mass is 15.3. The normalized spacial score (nSPS) is 17.4. The quantitative estimate of drug-likeness (QED) is 0.861. The molecule has 0 saturated carbocycles. The third-order valence-electron chi connectivity index (χ3n) is 3.35. The van der Waals surface area contributed by atoms with Gasteiger partial charge in [-0.2, -0.15) is 0 Å². The standard InChI is InChI=1S/C13H22N4/c1-11(2)17(13-15-6-3-7-16-13)10-12-4-8-14-9-5-12/h3,6-7,11-12,14H,4-5,8-10H2,1-2H3. The van der Waals surface area contributed by atoms with Crippen LogP contribution >= 0.6 is 0 Å². The summed E-state index contributed by atoms with van der Waals surface area (Å²) < 4.78 is 0. The van der Waals surface area contributed by atoms with Crippen molar-refractivity contribution < 1.29 is 0 Å². The van der Waals surface area contributed by atoms with Crippen LogP contribution in [-0.4, -0.2) is 35.6 Å². The predicted octanol–water partition coefficient (Wildman–Crippen LogP) is 1.69. The second kappa shape index (κ2) is 5.96.